The molecule has 0 spiro atoms. The fourth-order valence-electron chi connectivity index (χ4n) is 4.86. The number of halogens is 2. The number of carbonyl (C=O) groups is 1. The van der Waals surface area contributed by atoms with E-state index >= 15 is 0 Å². The largest absolute Gasteiger partial charge is 0.360 e. The molecule has 1 aromatic carbocycles. The van der Waals surface area contributed by atoms with Gasteiger partial charge in [-0.3, -0.25) is 4.79 Å². The molecule has 32 heavy (non-hydrogen) atoms. The maximum Gasteiger partial charge on any atom is 0.259 e. The summed E-state index contributed by atoms with van der Waals surface area (Å²) in [5.41, 5.74) is 0.498. The van der Waals surface area contributed by atoms with Crippen molar-refractivity contribution in [2.75, 3.05) is 13.1 Å². The minimum absolute atomic E-state index is 0.0886. The van der Waals surface area contributed by atoms with Crippen LogP contribution in [0.4, 0.5) is 4.39 Å². The quantitative estimate of drug-likeness (QED) is 0.565. The first-order chi connectivity index (χ1) is 15.5. The van der Waals surface area contributed by atoms with Crippen LogP contribution >= 0.6 is 11.6 Å². The summed E-state index contributed by atoms with van der Waals surface area (Å²) >= 11 is 6.24. The molecule has 1 saturated heterocycles. The van der Waals surface area contributed by atoms with E-state index < -0.39 is 5.82 Å². The van der Waals surface area contributed by atoms with E-state index in [-0.39, 0.29) is 33.7 Å². The second-order valence-corrected chi connectivity index (χ2v) is 8.99. The summed E-state index contributed by atoms with van der Waals surface area (Å²) in [4.78, 5) is 15.4. The zero-order valence-corrected chi connectivity index (χ0v) is 18.7. The Bertz CT molecular complexity index is 1140. The van der Waals surface area contributed by atoms with Crippen LogP contribution in [0.5, 0.6) is 0 Å². The topological polar surface area (TPSA) is 77.1 Å². The van der Waals surface area contributed by atoms with Crippen LogP contribution in [0, 0.1) is 12.7 Å². The molecule has 0 N–H and O–H groups in total. The van der Waals surface area contributed by atoms with Gasteiger partial charge in [0.05, 0.1) is 10.6 Å². The molecule has 9 heteroatoms. The Morgan fingerprint density at radius 1 is 1.19 bits per heavy atom. The van der Waals surface area contributed by atoms with Gasteiger partial charge in [-0.15, -0.1) is 10.2 Å². The van der Waals surface area contributed by atoms with Crippen molar-refractivity contribution in [1.29, 1.82) is 0 Å². The number of aryl methyl sites for hydroxylation is 2. The van der Waals surface area contributed by atoms with E-state index in [1.807, 2.05) is 0 Å². The van der Waals surface area contributed by atoms with E-state index in [0.717, 1.165) is 50.3 Å². The van der Waals surface area contributed by atoms with Gasteiger partial charge in [0.25, 0.3) is 5.91 Å². The zero-order valence-electron chi connectivity index (χ0n) is 18.0. The maximum atomic E-state index is 14.6. The summed E-state index contributed by atoms with van der Waals surface area (Å²) in [6.07, 6.45) is 6.23. The summed E-state index contributed by atoms with van der Waals surface area (Å²) in [5, 5.41) is 13.1. The maximum absolute atomic E-state index is 14.6. The lowest BCUT2D eigenvalue weighted by Gasteiger charge is -2.32. The Kier molecular flexibility index (Phi) is 5.71. The number of fused-ring (bicyclic) bond motifs is 1. The van der Waals surface area contributed by atoms with Gasteiger partial charge in [0.2, 0.25) is 0 Å². The molecule has 1 atom stereocenters. The second-order valence-electron chi connectivity index (χ2n) is 8.59. The number of hydrogen-bond acceptors (Lipinski definition) is 5. The van der Waals surface area contributed by atoms with Gasteiger partial charge in [-0.1, -0.05) is 29.2 Å². The molecule has 2 aliphatic rings. The van der Waals surface area contributed by atoms with Gasteiger partial charge in [-0.2, -0.15) is 0 Å². The highest BCUT2D eigenvalue weighted by Gasteiger charge is 2.33. The fraction of sp³-hybridized carbons (Fsp3) is 0.478. The lowest BCUT2D eigenvalue weighted by atomic mass is 9.95. The lowest BCUT2D eigenvalue weighted by molar-refractivity contribution is 0.0702. The normalized spacial score (nSPS) is 19.0. The number of rotatable bonds is 3. The Labute approximate surface area is 190 Å². The first kappa shape index (κ1) is 21.1. The van der Waals surface area contributed by atoms with E-state index in [4.69, 9.17) is 16.1 Å². The molecular formula is C23H25ClFN5O2. The molecule has 3 aromatic rings. The third kappa shape index (κ3) is 3.70. The van der Waals surface area contributed by atoms with E-state index in [9.17, 15) is 9.18 Å². The molecular weight excluding hydrogens is 433 g/mol. The number of hydrogen-bond donors (Lipinski definition) is 0. The Hall–Kier alpha value is -2.74. The minimum atomic E-state index is -0.539. The first-order valence-corrected chi connectivity index (χ1v) is 11.5. The molecule has 2 aromatic heterocycles. The number of benzene rings is 1. The predicted octanol–water partition coefficient (Wildman–Crippen LogP) is 4.78. The molecule has 0 radical (unpaired) electrons. The third-order valence-corrected chi connectivity index (χ3v) is 6.80. The molecule has 1 fully saturated rings. The molecule has 0 aliphatic carbocycles. The summed E-state index contributed by atoms with van der Waals surface area (Å²) in [5.74, 6) is 1.72. The van der Waals surface area contributed by atoms with Crippen molar-refractivity contribution in [3.05, 3.63) is 52.0 Å². The Morgan fingerprint density at radius 3 is 2.91 bits per heavy atom. The molecule has 1 amide bonds. The number of nitrogens with zero attached hydrogens (tertiary/aromatic N) is 5. The smallest absolute Gasteiger partial charge is 0.259 e. The molecule has 0 bridgehead atoms. The van der Waals surface area contributed by atoms with Crippen LogP contribution in [-0.2, 0) is 13.0 Å². The highest BCUT2D eigenvalue weighted by Crippen LogP contribution is 2.35. The van der Waals surface area contributed by atoms with E-state index in [0.29, 0.717) is 18.8 Å². The SMILES string of the molecule is Cc1onc(-c2c(F)cccc2Cl)c1C(=O)N1CCC[C@H](c2nnc3n2CCCCC3)C1. The first-order valence-electron chi connectivity index (χ1n) is 11.2. The summed E-state index contributed by atoms with van der Waals surface area (Å²) in [7, 11) is 0. The highest BCUT2D eigenvalue weighted by atomic mass is 35.5. The van der Waals surface area contributed by atoms with Crippen LogP contribution in [0.1, 0.15) is 65.8 Å². The monoisotopic (exact) mass is 457 g/mol. The number of piperidine rings is 1. The average molecular weight is 458 g/mol. The highest BCUT2D eigenvalue weighted by molar-refractivity contribution is 6.33. The predicted molar refractivity (Wildman–Crippen MR) is 117 cm³/mol. The van der Waals surface area contributed by atoms with Crippen molar-refractivity contribution >= 4 is 17.5 Å². The number of likely N-dealkylation sites (tertiary alicyclic amines) is 1. The third-order valence-electron chi connectivity index (χ3n) is 6.49. The van der Waals surface area contributed by atoms with Crippen molar-refractivity contribution < 1.29 is 13.7 Å². The molecule has 5 rings (SSSR count). The average Bonchev–Trinajstić information content (AvgIpc) is 3.28. The summed E-state index contributed by atoms with van der Waals surface area (Å²) in [6, 6.07) is 4.39. The van der Waals surface area contributed by atoms with Crippen molar-refractivity contribution in [2.24, 2.45) is 0 Å². The van der Waals surface area contributed by atoms with Crippen molar-refractivity contribution in [1.82, 2.24) is 24.8 Å². The van der Waals surface area contributed by atoms with Crippen molar-refractivity contribution in [3.63, 3.8) is 0 Å². The molecule has 7 nitrogen and oxygen atoms in total. The number of carbonyl (C=O) groups excluding carboxylic acids is 1. The van der Waals surface area contributed by atoms with Crippen LogP contribution in [0.15, 0.2) is 22.7 Å². The van der Waals surface area contributed by atoms with Gasteiger partial charge in [-0.05, 0) is 44.7 Å². The minimum Gasteiger partial charge on any atom is -0.360 e. The van der Waals surface area contributed by atoms with Crippen LogP contribution in [-0.4, -0.2) is 43.8 Å². The van der Waals surface area contributed by atoms with E-state index in [2.05, 4.69) is 19.9 Å². The van der Waals surface area contributed by atoms with Crippen molar-refractivity contribution in [3.8, 4) is 11.3 Å². The number of aromatic nitrogens is 4. The van der Waals surface area contributed by atoms with Crippen LogP contribution in [0.3, 0.4) is 0 Å². The Balaban J connectivity index is 1.44. The van der Waals surface area contributed by atoms with Gasteiger partial charge < -0.3 is 14.0 Å². The molecule has 4 heterocycles. The fourth-order valence-corrected chi connectivity index (χ4v) is 5.11. The molecule has 2 aliphatic heterocycles. The van der Waals surface area contributed by atoms with Crippen molar-refractivity contribution in [2.45, 2.75) is 57.9 Å². The number of amides is 1. The van der Waals surface area contributed by atoms with Gasteiger partial charge in [-0.25, -0.2) is 4.39 Å². The van der Waals surface area contributed by atoms with Crippen LogP contribution in [0.25, 0.3) is 11.3 Å². The van der Waals surface area contributed by atoms with E-state index in [1.165, 1.54) is 18.6 Å². The molecule has 0 saturated carbocycles. The van der Waals surface area contributed by atoms with Gasteiger partial charge in [0.1, 0.15) is 34.5 Å². The Morgan fingerprint density at radius 2 is 2.06 bits per heavy atom. The summed E-state index contributed by atoms with van der Waals surface area (Å²) < 4.78 is 22.1. The zero-order chi connectivity index (χ0) is 22.2. The van der Waals surface area contributed by atoms with Crippen LogP contribution in [0.2, 0.25) is 5.02 Å². The van der Waals surface area contributed by atoms with E-state index in [1.54, 1.807) is 17.9 Å². The standard InChI is InChI=1S/C23H25ClFN5O2/c1-14-19(21(28-32-14)20-16(24)8-5-9-17(20)25)23(31)29-11-6-7-15(13-29)22-27-26-18-10-3-2-4-12-30(18)22/h5,8-9,15H,2-4,6-7,10-13H2,1H3/t15-/m0/s1. The van der Waals surface area contributed by atoms with Gasteiger partial charge in [0.15, 0.2) is 0 Å². The lowest BCUT2D eigenvalue weighted by Crippen LogP contribution is -2.40. The van der Waals surface area contributed by atoms with Gasteiger partial charge >= 0.3 is 0 Å². The van der Waals surface area contributed by atoms with Crippen LogP contribution < -0.4 is 0 Å². The molecule has 168 valence electrons. The summed E-state index contributed by atoms with van der Waals surface area (Å²) in [6.45, 7) is 3.75. The van der Waals surface area contributed by atoms with Gasteiger partial charge in [0, 0.05) is 32.0 Å². The second kappa shape index (κ2) is 8.65. The molecule has 0 unspecified atom stereocenters.